The van der Waals surface area contributed by atoms with Crippen molar-refractivity contribution in [3.8, 4) is 11.5 Å². The van der Waals surface area contributed by atoms with Crippen LogP contribution in [0.4, 0.5) is 0 Å². The van der Waals surface area contributed by atoms with Gasteiger partial charge in [0, 0.05) is 0 Å². The van der Waals surface area contributed by atoms with Crippen molar-refractivity contribution >= 4 is 34.8 Å². The van der Waals surface area contributed by atoms with E-state index in [2.05, 4.69) is 20.8 Å². The van der Waals surface area contributed by atoms with Gasteiger partial charge in [-0.1, -0.05) is 28.9 Å². The Morgan fingerprint density at radius 3 is 2.96 bits per heavy atom. The van der Waals surface area contributed by atoms with Gasteiger partial charge in [0.15, 0.2) is 11.5 Å². The Kier molecular flexibility index (Phi) is 5.04. The molecule has 9 heteroatoms. The number of halogens is 1. The number of ether oxygens (including phenoxy) is 1. The minimum Gasteiger partial charge on any atom is -0.503 e. The molecule has 1 heterocycles. The zero-order valence-corrected chi connectivity index (χ0v) is 14.8. The number of benzene rings is 2. The van der Waals surface area contributed by atoms with Crippen LogP contribution in [-0.4, -0.2) is 39.3 Å². The number of carbonyl (C=O) groups excluding carboxylic acids is 1. The van der Waals surface area contributed by atoms with E-state index >= 15 is 0 Å². The monoisotopic (exact) mass is 373 g/mol. The third-order valence-corrected chi connectivity index (χ3v) is 4.07. The summed E-state index contributed by atoms with van der Waals surface area (Å²) in [5.41, 5.74) is 4.48. The van der Waals surface area contributed by atoms with Crippen molar-refractivity contribution in [3.63, 3.8) is 0 Å². The Bertz CT molecular complexity index is 986. The minimum atomic E-state index is -0.600. The third-order valence-electron chi connectivity index (χ3n) is 3.78. The summed E-state index contributed by atoms with van der Waals surface area (Å²) in [5.74, 6) is -0.288. The number of phenols is 1. The molecule has 0 unspecified atom stereocenters. The number of aromatic nitrogens is 3. The summed E-state index contributed by atoms with van der Waals surface area (Å²) in [6, 6.07) is 9.82. The lowest BCUT2D eigenvalue weighted by Gasteiger charge is -2.10. The number of rotatable bonds is 5. The highest BCUT2D eigenvalue weighted by Crippen LogP contribution is 2.34. The van der Waals surface area contributed by atoms with Gasteiger partial charge in [-0.2, -0.15) is 5.10 Å². The molecule has 0 spiro atoms. The number of para-hydroxylation sites is 1. The molecule has 2 aromatic carbocycles. The van der Waals surface area contributed by atoms with Gasteiger partial charge in [0.25, 0.3) is 5.91 Å². The number of hydrazone groups is 1. The first-order chi connectivity index (χ1) is 12.5. The molecule has 0 saturated carbocycles. The molecule has 2 N–H and O–H groups in total. The molecule has 1 aromatic heterocycles. The van der Waals surface area contributed by atoms with E-state index in [0.717, 1.165) is 5.52 Å². The minimum absolute atomic E-state index is 0.125. The van der Waals surface area contributed by atoms with Crippen LogP contribution in [0, 0.1) is 0 Å². The molecular weight excluding hydrogens is 358 g/mol. The molecule has 1 amide bonds. The fourth-order valence-corrected chi connectivity index (χ4v) is 2.59. The largest absolute Gasteiger partial charge is 0.503 e. The summed E-state index contributed by atoms with van der Waals surface area (Å²) in [7, 11) is 1.41. The number of amides is 1. The fraction of sp³-hybridized carbons (Fsp3) is 0.176. The Morgan fingerprint density at radius 1 is 1.42 bits per heavy atom. The second-order valence-corrected chi connectivity index (χ2v) is 5.89. The van der Waals surface area contributed by atoms with Crippen LogP contribution in [0.2, 0.25) is 5.02 Å². The first-order valence-electron chi connectivity index (χ1n) is 7.70. The molecule has 0 fully saturated rings. The van der Waals surface area contributed by atoms with E-state index in [9.17, 15) is 9.90 Å². The van der Waals surface area contributed by atoms with Gasteiger partial charge in [0.1, 0.15) is 11.6 Å². The van der Waals surface area contributed by atoms with E-state index in [0.29, 0.717) is 11.1 Å². The summed E-state index contributed by atoms with van der Waals surface area (Å²) in [6.45, 7) is 1.70. The highest BCUT2D eigenvalue weighted by Gasteiger charge is 2.18. The van der Waals surface area contributed by atoms with Crippen molar-refractivity contribution in [1.29, 1.82) is 0 Å². The Morgan fingerprint density at radius 2 is 2.19 bits per heavy atom. The number of nitrogens with one attached hydrogen (secondary N) is 1. The summed E-state index contributed by atoms with van der Waals surface area (Å²) in [5, 5.41) is 21.8. The smallest absolute Gasteiger partial charge is 0.264 e. The summed E-state index contributed by atoms with van der Waals surface area (Å²) in [6.07, 6.45) is 1.40. The topological polar surface area (TPSA) is 102 Å². The van der Waals surface area contributed by atoms with Crippen LogP contribution >= 0.6 is 11.6 Å². The molecule has 3 rings (SSSR count). The number of hydrogen-bond donors (Lipinski definition) is 2. The van der Waals surface area contributed by atoms with E-state index in [1.54, 1.807) is 13.0 Å². The molecule has 0 bridgehead atoms. The van der Waals surface area contributed by atoms with E-state index < -0.39 is 6.04 Å². The molecule has 134 valence electrons. The number of nitrogens with zero attached hydrogens (tertiary/aromatic N) is 4. The normalized spacial score (nSPS) is 12.4. The molecule has 0 radical (unpaired) electrons. The van der Waals surface area contributed by atoms with Crippen LogP contribution in [0.25, 0.3) is 11.0 Å². The van der Waals surface area contributed by atoms with Crippen LogP contribution in [0.1, 0.15) is 18.5 Å². The quantitative estimate of drug-likeness (QED) is 0.528. The van der Waals surface area contributed by atoms with Crippen molar-refractivity contribution in [2.24, 2.45) is 5.10 Å². The maximum absolute atomic E-state index is 12.3. The van der Waals surface area contributed by atoms with Crippen LogP contribution < -0.4 is 10.2 Å². The van der Waals surface area contributed by atoms with Gasteiger partial charge in [-0.25, -0.2) is 10.1 Å². The number of aromatic hydroxyl groups is 1. The van der Waals surface area contributed by atoms with Gasteiger partial charge in [0.05, 0.1) is 23.9 Å². The first-order valence-corrected chi connectivity index (χ1v) is 8.08. The molecule has 26 heavy (non-hydrogen) atoms. The maximum atomic E-state index is 12.3. The van der Waals surface area contributed by atoms with Crippen molar-refractivity contribution < 1.29 is 14.6 Å². The predicted molar refractivity (Wildman–Crippen MR) is 97.6 cm³/mol. The zero-order valence-electron chi connectivity index (χ0n) is 14.0. The SMILES string of the molecule is COc1cc(/C=N\NC(=O)[C@H](C)n2nnc3ccccc32)cc(Cl)c1O. The Hall–Kier alpha value is -3.13. The van der Waals surface area contributed by atoms with Crippen molar-refractivity contribution in [1.82, 2.24) is 20.4 Å². The summed E-state index contributed by atoms with van der Waals surface area (Å²) < 4.78 is 6.55. The molecule has 0 aliphatic heterocycles. The second-order valence-electron chi connectivity index (χ2n) is 5.49. The predicted octanol–water partition coefficient (Wildman–Crippen LogP) is 2.51. The maximum Gasteiger partial charge on any atom is 0.264 e. The van der Waals surface area contributed by atoms with E-state index in [1.807, 2.05) is 24.3 Å². The lowest BCUT2D eigenvalue weighted by molar-refractivity contribution is -0.124. The summed E-state index contributed by atoms with van der Waals surface area (Å²) >= 11 is 5.92. The molecule has 8 nitrogen and oxygen atoms in total. The van der Waals surface area contributed by atoms with Crippen LogP contribution in [-0.2, 0) is 4.79 Å². The van der Waals surface area contributed by atoms with Gasteiger partial charge in [-0.3, -0.25) is 4.79 Å². The van der Waals surface area contributed by atoms with Crippen LogP contribution in [0.15, 0.2) is 41.5 Å². The number of methoxy groups -OCH3 is 1. The Labute approximate surface area is 154 Å². The first kappa shape index (κ1) is 17.7. The van der Waals surface area contributed by atoms with E-state index in [-0.39, 0.29) is 22.4 Å². The molecule has 3 aromatic rings. The highest BCUT2D eigenvalue weighted by atomic mass is 35.5. The standard InChI is InChI=1S/C17H16ClN5O3/c1-10(23-14-6-4-3-5-13(14)20-22-23)17(25)21-19-9-11-7-12(18)16(24)15(8-11)26-2/h3-10,24H,1-2H3,(H,21,25)/b19-9-/t10-/m0/s1. The second kappa shape index (κ2) is 7.40. The molecule has 0 aliphatic rings. The van der Waals surface area contributed by atoms with E-state index in [4.69, 9.17) is 16.3 Å². The van der Waals surface area contributed by atoms with Gasteiger partial charge in [-0.15, -0.1) is 5.10 Å². The number of hydrogen-bond acceptors (Lipinski definition) is 6. The highest BCUT2D eigenvalue weighted by molar-refractivity contribution is 6.32. The number of fused-ring (bicyclic) bond motifs is 1. The Balaban J connectivity index is 1.72. The fourth-order valence-electron chi connectivity index (χ4n) is 2.37. The average Bonchev–Trinajstić information content (AvgIpc) is 3.07. The van der Waals surface area contributed by atoms with E-state index in [1.165, 1.54) is 24.1 Å². The number of carbonyl (C=O) groups is 1. The third kappa shape index (κ3) is 3.45. The lowest BCUT2D eigenvalue weighted by Crippen LogP contribution is -2.28. The number of phenolic OH excluding ortho intramolecular Hbond substituents is 1. The van der Waals surface area contributed by atoms with Crippen LogP contribution in [0.3, 0.4) is 0 Å². The van der Waals surface area contributed by atoms with Crippen molar-refractivity contribution in [2.45, 2.75) is 13.0 Å². The summed E-state index contributed by atoms with van der Waals surface area (Å²) in [4.78, 5) is 12.3. The molecule has 1 atom stereocenters. The van der Waals surface area contributed by atoms with Gasteiger partial charge in [0.2, 0.25) is 0 Å². The van der Waals surface area contributed by atoms with Crippen LogP contribution in [0.5, 0.6) is 11.5 Å². The van der Waals surface area contributed by atoms with Gasteiger partial charge < -0.3 is 9.84 Å². The molecular formula is C17H16ClN5O3. The van der Waals surface area contributed by atoms with Gasteiger partial charge >= 0.3 is 0 Å². The van der Waals surface area contributed by atoms with Gasteiger partial charge in [-0.05, 0) is 36.8 Å². The van der Waals surface area contributed by atoms with Crippen molar-refractivity contribution in [2.75, 3.05) is 7.11 Å². The van der Waals surface area contributed by atoms with Crippen molar-refractivity contribution in [3.05, 3.63) is 47.0 Å². The molecule has 0 aliphatic carbocycles. The molecule has 0 saturated heterocycles. The lowest BCUT2D eigenvalue weighted by atomic mass is 10.2. The zero-order chi connectivity index (χ0) is 18.7. The average molecular weight is 374 g/mol.